The highest BCUT2D eigenvalue weighted by atomic mass is 15.0. The fourth-order valence-electron chi connectivity index (χ4n) is 2.72. The first-order valence-corrected chi connectivity index (χ1v) is 6.49. The van der Waals surface area contributed by atoms with Gasteiger partial charge in [0, 0.05) is 17.1 Å². The highest BCUT2D eigenvalue weighted by Crippen LogP contribution is 2.29. The third kappa shape index (κ3) is 2.10. The van der Waals surface area contributed by atoms with Gasteiger partial charge < -0.3 is 11.1 Å². The van der Waals surface area contributed by atoms with Crippen LogP contribution in [-0.4, -0.2) is 16.0 Å². The maximum Gasteiger partial charge on any atom is 0.137 e. The van der Waals surface area contributed by atoms with Crippen molar-refractivity contribution in [2.45, 2.75) is 32.2 Å². The zero-order valence-corrected chi connectivity index (χ0v) is 10.6. The molecule has 1 aliphatic rings. The summed E-state index contributed by atoms with van der Waals surface area (Å²) in [5.74, 6) is 1.71. The van der Waals surface area contributed by atoms with Crippen LogP contribution in [0.15, 0.2) is 24.5 Å². The largest absolute Gasteiger partial charge is 0.399 e. The van der Waals surface area contributed by atoms with Crippen LogP contribution < -0.4 is 11.1 Å². The van der Waals surface area contributed by atoms with Crippen LogP contribution >= 0.6 is 0 Å². The number of nitrogens with zero attached hydrogens (tertiary/aromatic N) is 2. The van der Waals surface area contributed by atoms with Crippen molar-refractivity contribution in [2.24, 2.45) is 5.92 Å². The molecule has 2 unspecified atom stereocenters. The number of aromatic nitrogens is 2. The predicted molar refractivity (Wildman–Crippen MR) is 74.4 cm³/mol. The number of rotatable bonds is 2. The number of hydrogen-bond donors (Lipinski definition) is 2. The summed E-state index contributed by atoms with van der Waals surface area (Å²) < 4.78 is 0. The van der Waals surface area contributed by atoms with Crippen LogP contribution in [0, 0.1) is 5.92 Å². The van der Waals surface area contributed by atoms with Crippen molar-refractivity contribution in [1.82, 2.24) is 9.97 Å². The molecule has 1 saturated carbocycles. The first-order chi connectivity index (χ1) is 8.72. The lowest BCUT2D eigenvalue weighted by Crippen LogP contribution is -2.16. The number of nitrogens with one attached hydrogen (secondary N) is 1. The van der Waals surface area contributed by atoms with Crippen molar-refractivity contribution in [3.63, 3.8) is 0 Å². The van der Waals surface area contributed by atoms with Gasteiger partial charge in [-0.15, -0.1) is 0 Å². The van der Waals surface area contributed by atoms with Crippen molar-refractivity contribution in [2.75, 3.05) is 11.1 Å². The lowest BCUT2D eigenvalue weighted by Gasteiger charge is -2.14. The van der Waals surface area contributed by atoms with E-state index >= 15 is 0 Å². The van der Waals surface area contributed by atoms with Crippen molar-refractivity contribution >= 4 is 22.4 Å². The monoisotopic (exact) mass is 242 g/mol. The molecule has 3 rings (SSSR count). The summed E-state index contributed by atoms with van der Waals surface area (Å²) in [4.78, 5) is 8.62. The van der Waals surface area contributed by atoms with Gasteiger partial charge in [-0.3, -0.25) is 0 Å². The Bertz CT molecular complexity index is 567. The number of anilines is 2. The smallest absolute Gasteiger partial charge is 0.137 e. The Hall–Kier alpha value is -1.84. The average molecular weight is 242 g/mol. The summed E-state index contributed by atoms with van der Waals surface area (Å²) in [5, 5.41) is 4.55. The molecule has 0 amide bonds. The van der Waals surface area contributed by atoms with E-state index in [-0.39, 0.29) is 0 Å². The van der Waals surface area contributed by atoms with Gasteiger partial charge in [-0.2, -0.15) is 0 Å². The molecular formula is C14H18N4. The second-order valence-electron chi connectivity index (χ2n) is 5.26. The van der Waals surface area contributed by atoms with Crippen molar-refractivity contribution in [3.8, 4) is 0 Å². The Kier molecular flexibility index (Phi) is 2.78. The molecule has 1 aromatic heterocycles. The third-order valence-corrected chi connectivity index (χ3v) is 3.70. The van der Waals surface area contributed by atoms with Gasteiger partial charge in [0.25, 0.3) is 0 Å². The van der Waals surface area contributed by atoms with Crippen LogP contribution in [0.3, 0.4) is 0 Å². The molecule has 1 aromatic carbocycles. The predicted octanol–water partition coefficient (Wildman–Crippen LogP) is 2.81. The third-order valence-electron chi connectivity index (χ3n) is 3.70. The molecule has 0 spiro atoms. The molecule has 0 saturated heterocycles. The topological polar surface area (TPSA) is 63.8 Å². The van der Waals surface area contributed by atoms with Gasteiger partial charge in [0.05, 0.1) is 5.52 Å². The van der Waals surface area contributed by atoms with Gasteiger partial charge in [-0.05, 0) is 43.4 Å². The summed E-state index contributed by atoms with van der Waals surface area (Å²) >= 11 is 0. The molecule has 94 valence electrons. The molecule has 4 heteroatoms. The maximum absolute atomic E-state index is 5.84. The maximum atomic E-state index is 5.84. The molecule has 0 aliphatic heterocycles. The molecular weight excluding hydrogens is 224 g/mol. The van der Waals surface area contributed by atoms with Crippen LogP contribution in [0.4, 0.5) is 11.5 Å². The number of nitrogen functional groups attached to an aromatic ring is 1. The Morgan fingerprint density at radius 2 is 2.17 bits per heavy atom. The number of nitrogens with two attached hydrogens (primary N) is 1. The molecule has 0 radical (unpaired) electrons. The summed E-state index contributed by atoms with van der Waals surface area (Å²) in [6.45, 7) is 2.30. The quantitative estimate of drug-likeness (QED) is 0.795. The Labute approximate surface area is 107 Å². The van der Waals surface area contributed by atoms with E-state index in [4.69, 9.17) is 5.73 Å². The lowest BCUT2D eigenvalue weighted by molar-refractivity contribution is 0.602. The number of benzene rings is 1. The molecule has 1 heterocycles. The minimum atomic E-state index is 0.527. The van der Waals surface area contributed by atoms with E-state index in [0.29, 0.717) is 6.04 Å². The molecule has 1 aliphatic carbocycles. The highest BCUT2D eigenvalue weighted by Gasteiger charge is 2.21. The first-order valence-electron chi connectivity index (χ1n) is 6.49. The second-order valence-corrected chi connectivity index (χ2v) is 5.26. The van der Waals surface area contributed by atoms with E-state index in [1.807, 2.05) is 18.2 Å². The molecule has 0 bridgehead atoms. The summed E-state index contributed by atoms with van der Waals surface area (Å²) in [6, 6.07) is 6.28. The molecule has 1 fully saturated rings. The SMILES string of the molecule is CC1CCC(Nc2ncnc3ccc(N)cc23)C1. The van der Waals surface area contributed by atoms with Crippen molar-refractivity contribution in [3.05, 3.63) is 24.5 Å². The van der Waals surface area contributed by atoms with E-state index in [2.05, 4.69) is 22.2 Å². The van der Waals surface area contributed by atoms with Crippen LogP contribution in [0.2, 0.25) is 0 Å². The van der Waals surface area contributed by atoms with Crippen molar-refractivity contribution in [1.29, 1.82) is 0 Å². The normalized spacial score (nSPS) is 23.4. The fraction of sp³-hybridized carbons (Fsp3) is 0.429. The zero-order chi connectivity index (χ0) is 12.5. The van der Waals surface area contributed by atoms with Crippen LogP contribution in [0.5, 0.6) is 0 Å². The van der Waals surface area contributed by atoms with Gasteiger partial charge in [0.15, 0.2) is 0 Å². The molecule has 2 aromatic rings. The van der Waals surface area contributed by atoms with E-state index in [0.717, 1.165) is 28.3 Å². The summed E-state index contributed by atoms with van der Waals surface area (Å²) in [7, 11) is 0. The van der Waals surface area contributed by atoms with Crippen molar-refractivity contribution < 1.29 is 0 Å². The Balaban J connectivity index is 1.93. The number of hydrogen-bond acceptors (Lipinski definition) is 4. The molecule has 3 N–H and O–H groups in total. The van der Waals surface area contributed by atoms with Crippen LogP contribution in [0.25, 0.3) is 10.9 Å². The van der Waals surface area contributed by atoms with Crippen LogP contribution in [-0.2, 0) is 0 Å². The van der Waals surface area contributed by atoms with E-state index in [9.17, 15) is 0 Å². The summed E-state index contributed by atoms with van der Waals surface area (Å²) in [6.07, 6.45) is 5.34. The minimum absolute atomic E-state index is 0.527. The van der Waals surface area contributed by atoms with Gasteiger partial charge in [-0.1, -0.05) is 6.92 Å². The fourth-order valence-corrected chi connectivity index (χ4v) is 2.72. The molecule has 2 atom stereocenters. The minimum Gasteiger partial charge on any atom is -0.399 e. The summed E-state index contributed by atoms with van der Waals surface area (Å²) in [5.41, 5.74) is 7.53. The Morgan fingerprint density at radius 3 is 2.94 bits per heavy atom. The number of fused-ring (bicyclic) bond motifs is 1. The van der Waals surface area contributed by atoms with E-state index in [1.165, 1.54) is 19.3 Å². The standard InChI is InChI=1S/C14H18N4/c1-9-2-4-11(6-9)18-14-12-7-10(15)3-5-13(12)16-8-17-14/h3,5,7-9,11H,2,4,6,15H2,1H3,(H,16,17,18). The molecule has 4 nitrogen and oxygen atoms in total. The van der Waals surface area contributed by atoms with Gasteiger partial charge >= 0.3 is 0 Å². The van der Waals surface area contributed by atoms with E-state index < -0.39 is 0 Å². The first kappa shape index (κ1) is 11.3. The zero-order valence-electron chi connectivity index (χ0n) is 10.6. The average Bonchev–Trinajstić information content (AvgIpc) is 2.76. The second kappa shape index (κ2) is 4.44. The van der Waals surface area contributed by atoms with Crippen LogP contribution in [0.1, 0.15) is 26.2 Å². The van der Waals surface area contributed by atoms with Gasteiger partial charge in [0.1, 0.15) is 12.1 Å². The van der Waals surface area contributed by atoms with E-state index in [1.54, 1.807) is 6.33 Å². The Morgan fingerprint density at radius 1 is 1.28 bits per heavy atom. The lowest BCUT2D eigenvalue weighted by atomic mass is 10.1. The molecule has 18 heavy (non-hydrogen) atoms. The van der Waals surface area contributed by atoms with Gasteiger partial charge in [0.2, 0.25) is 0 Å². The van der Waals surface area contributed by atoms with Gasteiger partial charge in [-0.25, -0.2) is 9.97 Å². The highest BCUT2D eigenvalue weighted by molar-refractivity contribution is 5.91.